The summed E-state index contributed by atoms with van der Waals surface area (Å²) in [6.45, 7) is 0. The van der Waals surface area contributed by atoms with Crippen molar-refractivity contribution in [1.82, 2.24) is 10.9 Å². The normalized spacial score (nSPS) is 10.9. The third-order valence-electron chi connectivity index (χ3n) is 3.92. The molecule has 30 heavy (non-hydrogen) atoms. The molecule has 0 radical (unpaired) electrons. The maximum atomic E-state index is 12.9. The van der Waals surface area contributed by atoms with Crippen molar-refractivity contribution in [3.8, 4) is 0 Å². The average molecular weight is 448 g/mol. The number of carbonyl (C=O) groups is 2. The third kappa shape index (κ3) is 5.13. The largest absolute Gasteiger partial charge is 0.278 e. The first kappa shape index (κ1) is 21.3. The molecule has 0 saturated heterocycles. The van der Waals surface area contributed by atoms with Crippen LogP contribution in [0.1, 0.15) is 20.7 Å². The van der Waals surface area contributed by atoms with Crippen LogP contribution in [-0.4, -0.2) is 20.2 Å². The Morgan fingerprint density at radius 1 is 0.800 bits per heavy atom. The number of carbonyl (C=O) groups excluding carboxylic acids is 2. The molecule has 154 valence electrons. The Morgan fingerprint density at radius 3 is 2.10 bits per heavy atom. The van der Waals surface area contributed by atoms with Gasteiger partial charge in [0.25, 0.3) is 21.8 Å². The highest BCUT2D eigenvalue weighted by Gasteiger charge is 2.18. The number of hydrogen-bond donors (Lipinski definition) is 3. The van der Waals surface area contributed by atoms with E-state index in [2.05, 4.69) is 15.6 Å². The lowest BCUT2D eigenvalue weighted by Gasteiger charge is -2.11. The number of amides is 2. The van der Waals surface area contributed by atoms with Crippen LogP contribution in [0.15, 0.2) is 77.7 Å². The smallest absolute Gasteiger partial charge is 0.269 e. The summed E-state index contributed by atoms with van der Waals surface area (Å²) in [4.78, 5) is 24.1. The van der Waals surface area contributed by atoms with Gasteiger partial charge in [-0.15, -0.1) is 0 Å². The van der Waals surface area contributed by atoms with Crippen molar-refractivity contribution in [3.63, 3.8) is 0 Å². The van der Waals surface area contributed by atoms with Crippen molar-refractivity contribution in [2.75, 3.05) is 4.72 Å². The highest BCUT2D eigenvalue weighted by Crippen LogP contribution is 2.24. The molecular weight excluding hydrogens is 433 g/mol. The van der Waals surface area contributed by atoms with Crippen LogP contribution in [0.2, 0.25) is 5.02 Å². The predicted molar refractivity (Wildman–Crippen MR) is 110 cm³/mol. The molecule has 0 aliphatic carbocycles. The summed E-state index contributed by atoms with van der Waals surface area (Å²) in [5, 5.41) is 0.221. The van der Waals surface area contributed by atoms with Gasteiger partial charge in [-0.3, -0.25) is 25.2 Å². The predicted octanol–water partition coefficient (Wildman–Crippen LogP) is 3.35. The Bertz CT molecular complexity index is 1200. The Hall–Kier alpha value is -3.43. The lowest BCUT2D eigenvalue weighted by atomic mass is 10.2. The van der Waals surface area contributed by atoms with Crippen molar-refractivity contribution < 1.29 is 22.4 Å². The molecule has 0 bridgehead atoms. The summed E-state index contributed by atoms with van der Waals surface area (Å²) in [5.41, 5.74) is 4.69. The van der Waals surface area contributed by atoms with Gasteiger partial charge in [0.05, 0.1) is 15.6 Å². The molecule has 0 aliphatic heterocycles. The zero-order valence-electron chi connectivity index (χ0n) is 15.2. The maximum absolute atomic E-state index is 12.9. The van der Waals surface area contributed by atoms with E-state index in [-0.39, 0.29) is 26.7 Å². The van der Waals surface area contributed by atoms with Gasteiger partial charge in [0.1, 0.15) is 5.82 Å². The van der Waals surface area contributed by atoms with Crippen LogP contribution in [0.3, 0.4) is 0 Å². The molecule has 3 aromatic carbocycles. The molecule has 3 rings (SSSR count). The van der Waals surface area contributed by atoms with E-state index >= 15 is 0 Å². The minimum absolute atomic E-state index is 0.00330. The van der Waals surface area contributed by atoms with Gasteiger partial charge < -0.3 is 0 Å². The van der Waals surface area contributed by atoms with Crippen molar-refractivity contribution in [1.29, 1.82) is 0 Å². The van der Waals surface area contributed by atoms with Gasteiger partial charge in [0, 0.05) is 11.1 Å². The number of halogens is 2. The summed E-state index contributed by atoms with van der Waals surface area (Å²) in [6.07, 6.45) is 0. The van der Waals surface area contributed by atoms with Gasteiger partial charge in [0.15, 0.2) is 0 Å². The van der Waals surface area contributed by atoms with Gasteiger partial charge in [0.2, 0.25) is 0 Å². The molecule has 0 saturated carbocycles. The minimum Gasteiger partial charge on any atom is -0.278 e. The van der Waals surface area contributed by atoms with E-state index in [1.54, 1.807) is 12.1 Å². The average Bonchev–Trinajstić information content (AvgIpc) is 2.74. The number of sulfonamides is 1. The highest BCUT2D eigenvalue weighted by molar-refractivity contribution is 7.92. The number of benzene rings is 3. The zero-order chi connectivity index (χ0) is 21.7. The van der Waals surface area contributed by atoms with Crippen molar-refractivity contribution in [2.45, 2.75) is 4.90 Å². The van der Waals surface area contributed by atoms with Crippen LogP contribution in [0, 0.1) is 5.82 Å². The first-order valence-corrected chi connectivity index (χ1v) is 10.4. The summed E-state index contributed by atoms with van der Waals surface area (Å²) >= 11 is 5.98. The molecule has 10 heteroatoms. The van der Waals surface area contributed by atoms with E-state index in [0.29, 0.717) is 0 Å². The molecule has 0 aliphatic rings. The molecule has 3 aromatic rings. The molecular formula is C20H15ClFN3O4S. The second-order valence-corrected chi connectivity index (χ2v) is 8.12. The lowest BCUT2D eigenvalue weighted by molar-refractivity contribution is 0.0846. The number of nitrogens with one attached hydrogen (secondary N) is 3. The van der Waals surface area contributed by atoms with Gasteiger partial charge in [-0.25, -0.2) is 12.8 Å². The molecule has 0 heterocycles. The van der Waals surface area contributed by atoms with Crippen LogP contribution in [0.25, 0.3) is 0 Å². The molecule has 0 spiro atoms. The topological polar surface area (TPSA) is 104 Å². The van der Waals surface area contributed by atoms with Crippen LogP contribution < -0.4 is 15.6 Å². The number of anilines is 1. The molecule has 2 amide bonds. The first-order chi connectivity index (χ1) is 14.3. The van der Waals surface area contributed by atoms with Gasteiger partial charge in [-0.05, 0) is 54.6 Å². The SMILES string of the molecule is O=C(NNC(=O)c1cccc(S(=O)(=O)Nc2ccccc2Cl)c1)c1ccc(F)cc1. The zero-order valence-corrected chi connectivity index (χ0v) is 16.8. The second kappa shape index (κ2) is 8.93. The first-order valence-electron chi connectivity index (χ1n) is 8.50. The molecule has 0 aromatic heterocycles. The van der Waals surface area contributed by atoms with Gasteiger partial charge >= 0.3 is 0 Å². The maximum Gasteiger partial charge on any atom is 0.269 e. The third-order valence-corrected chi connectivity index (χ3v) is 5.61. The Kier molecular flexibility index (Phi) is 6.34. The van der Waals surface area contributed by atoms with Crippen LogP contribution in [0.5, 0.6) is 0 Å². The van der Waals surface area contributed by atoms with Crippen LogP contribution in [-0.2, 0) is 10.0 Å². The lowest BCUT2D eigenvalue weighted by Crippen LogP contribution is -2.41. The van der Waals surface area contributed by atoms with Crippen molar-refractivity contribution in [3.05, 3.63) is 94.8 Å². The number of para-hydroxylation sites is 1. The number of hydrogen-bond acceptors (Lipinski definition) is 4. The molecule has 0 unspecified atom stereocenters. The summed E-state index contributed by atoms with van der Waals surface area (Å²) in [7, 11) is -4.01. The summed E-state index contributed by atoms with van der Waals surface area (Å²) in [5.74, 6) is -1.90. The standard InChI is InChI=1S/C20H15ClFN3O4S/c21-17-6-1-2-7-18(17)25-30(28,29)16-5-3-4-14(12-16)20(27)24-23-19(26)13-8-10-15(22)11-9-13/h1-12,25H,(H,23,26)(H,24,27). The molecule has 3 N–H and O–H groups in total. The van der Waals surface area contributed by atoms with E-state index in [0.717, 1.165) is 18.2 Å². The van der Waals surface area contributed by atoms with Crippen LogP contribution in [0.4, 0.5) is 10.1 Å². The van der Waals surface area contributed by atoms with E-state index in [9.17, 15) is 22.4 Å². The Morgan fingerprint density at radius 2 is 1.43 bits per heavy atom. The van der Waals surface area contributed by atoms with Gasteiger partial charge in [-0.1, -0.05) is 29.8 Å². The second-order valence-electron chi connectivity index (χ2n) is 6.03. The fraction of sp³-hybridized carbons (Fsp3) is 0. The highest BCUT2D eigenvalue weighted by atomic mass is 35.5. The van der Waals surface area contributed by atoms with Crippen LogP contribution >= 0.6 is 11.6 Å². The Labute approximate surface area is 176 Å². The monoisotopic (exact) mass is 447 g/mol. The van der Waals surface area contributed by atoms with Crippen molar-refractivity contribution in [2.24, 2.45) is 0 Å². The molecule has 7 nitrogen and oxygen atoms in total. The molecule has 0 atom stereocenters. The summed E-state index contributed by atoms with van der Waals surface area (Å²) in [6, 6.07) is 16.3. The van der Waals surface area contributed by atoms with Gasteiger partial charge in [-0.2, -0.15) is 0 Å². The van der Waals surface area contributed by atoms with E-state index in [1.807, 2.05) is 0 Å². The summed E-state index contributed by atoms with van der Waals surface area (Å²) < 4.78 is 40.5. The fourth-order valence-electron chi connectivity index (χ4n) is 2.41. The fourth-order valence-corrected chi connectivity index (χ4v) is 3.78. The number of hydrazine groups is 1. The molecule has 0 fully saturated rings. The Balaban J connectivity index is 1.71. The van der Waals surface area contributed by atoms with E-state index < -0.39 is 27.7 Å². The van der Waals surface area contributed by atoms with Crippen molar-refractivity contribution >= 4 is 39.1 Å². The minimum atomic E-state index is -4.01. The van der Waals surface area contributed by atoms with E-state index in [1.165, 1.54) is 42.5 Å². The number of rotatable bonds is 5. The quantitative estimate of drug-likeness (QED) is 0.521. The van der Waals surface area contributed by atoms with E-state index in [4.69, 9.17) is 11.6 Å².